The number of hydrogen-bond acceptors (Lipinski definition) is 6. The van der Waals surface area contributed by atoms with Crippen molar-refractivity contribution in [2.45, 2.75) is 71.4 Å². The molecule has 8 heteroatoms. The Morgan fingerprint density at radius 1 is 1.26 bits per heavy atom. The fraction of sp³-hybridized carbons (Fsp3) is 0.500. The molecule has 1 aliphatic rings. The number of hydrogen-bond donors (Lipinski definition) is 0. The highest BCUT2D eigenvalue weighted by molar-refractivity contribution is 5.79. The molecule has 0 aliphatic heterocycles. The molecule has 1 aliphatic carbocycles. The molecule has 3 aromatic rings. The van der Waals surface area contributed by atoms with E-state index in [4.69, 9.17) is 9.51 Å². The van der Waals surface area contributed by atoms with Crippen molar-refractivity contribution in [3.05, 3.63) is 57.8 Å². The third-order valence-corrected chi connectivity index (χ3v) is 6.74. The molecule has 1 saturated carbocycles. The van der Waals surface area contributed by atoms with Crippen molar-refractivity contribution in [3.8, 4) is 6.07 Å². The molecule has 8 nitrogen and oxygen atoms in total. The predicted octanol–water partition coefficient (Wildman–Crippen LogP) is 4.51. The molecule has 2 aromatic heterocycles. The van der Waals surface area contributed by atoms with Crippen molar-refractivity contribution in [3.63, 3.8) is 0 Å². The first-order valence-corrected chi connectivity index (χ1v) is 12.1. The lowest BCUT2D eigenvalue weighted by Crippen LogP contribution is -2.42. The van der Waals surface area contributed by atoms with Crippen LogP contribution in [0.3, 0.4) is 0 Å². The van der Waals surface area contributed by atoms with Crippen LogP contribution in [0.25, 0.3) is 11.1 Å². The summed E-state index contributed by atoms with van der Waals surface area (Å²) in [6.45, 7) is 4.33. The van der Waals surface area contributed by atoms with Gasteiger partial charge in [-0.05, 0) is 31.7 Å². The molecule has 34 heavy (non-hydrogen) atoms. The Balaban J connectivity index is 1.83. The van der Waals surface area contributed by atoms with Crippen molar-refractivity contribution in [1.29, 1.82) is 5.26 Å². The Morgan fingerprint density at radius 2 is 2.00 bits per heavy atom. The molecule has 1 fully saturated rings. The maximum Gasteiger partial charge on any atom is 0.267 e. The van der Waals surface area contributed by atoms with Gasteiger partial charge in [0.05, 0.1) is 30.8 Å². The number of amides is 1. The number of fused-ring (bicyclic) bond motifs is 1. The number of aryl methyl sites for hydroxylation is 1. The number of carbonyl (C=O) groups is 1. The summed E-state index contributed by atoms with van der Waals surface area (Å²) >= 11 is 0. The fourth-order valence-electron chi connectivity index (χ4n) is 4.97. The van der Waals surface area contributed by atoms with E-state index in [1.54, 1.807) is 16.4 Å². The topological polar surface area (TPSA) is 105 Å². The van der Waals surface area contributed by atoms with Gasteiger partial charge in [0.1, 0.15) is 11.2 Å². The van der Waals surface area contributed by atoms with E-state index in [1.165, 1.54) is 0 Å². The van der Waals surface area contributed by atoms with Gasteiger partial charge in [0.2, 0.25) is 5.91 Å². The first kappa shape index (κ1) is 23.7. The Morgan fingerprint density at radius 3 is 2.68 bits per heavy atom. The molecule has 0 N–H and O–H groups in total. The van der Waals surface area contributed by atoms with Crippen molar-refractivity contribution < 1.29 is 9.32 Å². The average Bonchev–Trinajstić information content (AvgIpc) is 3.25. The van der Waals surface area contributed by atoms with Gasteiger partial charge in [-0.15, -0.1) is 0 Å². The summed E-state index contributed by atoms with van der Waals surface area (Å²) in [6, 6.07) is 11.4. The highest BCUT2D eigenvalue weighted by atomic mass is 16.5. The summed E-state index contributed by atoms with van der Waals surface area (Å²) in [6.07, 6.45) is 5.75. The van der Waals surface area contributed by atoms with E-state index in [0.717, 1.165) is 37.7 Å². The number of aromatic nitrogens is 3. The van der Waals surface area contributed by atoms with Crippen molar-refractivity contribution in [2.24, 2.45) is 5.92 Å². The maximum atomic E-state index is 13.7. The molecule has 1 unspecified atom stereocenters. The lowest BCUT2D eigenvalue weighted by atomic mass is 9.87. The Bertz CT molecular complexity index is 1240. The van der Waals surface area contributed by atoms with Crippen LogP contribution in [0.1, 0.15) is 75.0 Å². The third-order valence-electron chi connectivity index (χ3n) is 6.74. The molecule has 1 atom stereocenters. The number of nitriles is 1. The zero-order valence-electron chi connectivity index (χ0n) is 19.9. The summed E-state index contributed by atoms with van der Waals surface area (Å²) in [5, 5.41) is 13.6. The van der Waals surface area contributed by atoms with E-state index in [9.17, 15) is 14.9 Å². The van der Waals surface area contributed by atoms with E-state index in [1.807, 2.05) is 37.3 Å². The van der Waals surface area contributed by atoms with E-state index in [2.05, 4.69) is 11.2 Å². The molecule has 1 amide bonds. The normalized spacial score (nSPS) is 15.2. The second-order valence-corrected chi connectivity index (χ2v) is 8.99. The molecule has 4 rings (SSSR count). The Hall–Kier alpha value is -3.47. The van der Waals surface area contributed by atoms with Gasteiger partial charge in [0.25, 0.3) is 11.3 Å². The van der Waals surface area contributed by atoms with E-state index < -0.39 is 6.04 Å². The summed E-state index contributed by atoms with van der Waals surface area (Å²) in [5.74, 6) is 0.477. The molecule has 0 radical (unpaired) electrons. The van der Waals surface area contributed by atoms with Gasteiger partial charge in [0.15, 0.2) is 0 Å². The lowest BCUT2D eigenvalue weighted by Gasteiger charge is -2.35. The third kappa shape index (κ3) is 4.74. The lowest BCUT2D eigenvalue weighted by molar-refractivity contribution is -0.139. The average molecular weight is 462 g/mol. The van der Waals surface area contributed by atoms with E-state index >= 15 is 0 Å². The van der Waals surface area contributed by atoms with Gasteiger partial charge in [0, 0.05) is 12.5 Å². The van der Waals surface area contributed by atoms with Crippen LogP contribution in [0.15, 0.2) is 39.6 Å². The van der Waals surface area contributed by atoms with E-state index in [-0.39, 0.29) is 29.5 Å². The van der Waals surface area contributed by atoms with Crippen molar-refractivity contribution >= 4 is 17.0 Å². The smallest absolute Gasteiger partial charge is 0.267 e. The molecule has 2 heterocycles. The second-order valence-electron chi connectivity index (χ2n) is 8.99. The van der Waals surface area contributed by atoms with E-state index in [0.29, 0.717) is 36.4 Å². The second kappa shape index (κ2) is 10.6. The monoisotopic (exact) mass is 461 g/mol. The maximum absolute atomic E-state index is 13.7. The number of nitrogens with zero attached hydrogens (tertiary/aromatic N) is 5. The quantitative estimate of drug-likeness (QED) is 0.489. The van der Waals surface area contributed by atoms with Crippen LogP contribution in [0, 0.1) is 24.2 Å². The first-order valence-electron chi connectivity index (χ1n) is 12.1. The van der Waals surface area contributed by atoms with Crippen LogP contribution in [-0.2, 0) is 11.3 Å². The first-order chi connectivity index (χ1) is 16.5. The SMILES string of the molecule is CCC(c1nc2onc(C)c2c(=O)n1Cc1ccccc1)N(CCC#N)C(=O)C1CCCCC1. The van der Waals surface area contributed by atoms with Crippen molar-refractivity contribution in [1.82, 2.24) is 19.6 Å². The van der Waals surface area contributed by atoms with Crippen LogP contribution < -0.4 is 5.56 Å². The van der Waals surface area contributed by atoms with Crippen LogP contribution in [0.2, 0.25) is 0 Å². The van der Waals surface area contributed by atoms with Gasteiger partial charge in [-0.2, -0.15) is 10.2 Å². The van der Waals surface area contributed by atoms with Crippen LogP contribution >= 0.6 is 0 Å². The fourth-order valence-corrected chi connectivity index (χ4v) is 4.97. The minimum Gasteiger partial charge on any atom is -0.335 e. The molecule has 1 aromatic carbocycles. The van der Waals surface area contributed by atoms with Crippen LogP contribution in [0.4, 0.5) is 0 Å². The summed E-state index contributed by atoms with van der Waals surface area (Å²) in [7, 11) is 0. The number of benzene rings is 1. The molecule has 0 bridgehead atoms. The van der Waals surface area contributed by atoms with Gasteiger partial charge >= 0.3 is 0 Å². The van der Waals surface area contributed by atoms with Gasteiger partial charge in [-0.25, -0.2) is 0 Å². The highest BCUT2D eigenvalue weighted by Gasteiger charge is 2.33. The largest absolute Gasteiger partial charge is 0.335 e. The van der Waals surface area contributed by atoms with Crippen molar-refractivity contribution in [2.75, 3.05) is 6.54 Å². The minimum atomic E-state index is -0.450. The predicted molar refractivity (Wildman–Crippen MR) is 128 cm³/mol. The zero-order chi connectivity index (χ0) is 24.1. The summed E-state index contributed by atoms with van der Waals surface area (Å²) < 4.78 is 7.02. The van der Waals surface area contributed by atoms with Gasteiger partial charge in [-0.3, -0.25) is 14.2 Å². The molecular weight excluding hydrogens is 430 g/mol. The summed E-state index contributed by atoms with van der Waals surface area (Å²) in [5.41, 5.74) is 1.41. The Labute approximate surface area is 199 Å². The standard InChI is InChI=1S/C26H31N5O3/c1-3-21(30(16-10-15-27)25(32)20-13-8-5-9-14-20)23-28-24-22(18(2)29-34-24)26(33)31(23)17-19-11-6-4-7-12-19/h4,6-7,11-12,20-21H,3,5,8-10,13-14,16-17H2,1-2H3. The highest BCUT2D eigenvalue weighted by Crippen LogP contribution is 2.31. The minimum absolute atomic E-state index is 0.0490. The molecule has 0 spiro atoms. The summed E-state index contributed by atoms with van der Waals surface area (Å²) in [4.78, 5) is 33.8. The number of carbonyl (C=O) groups excluding carboxylic acids is 1. The number of rotatable bonds is 8. The molecular formula is C26H31N5O3. The van der Waals surface area contributed by atoms with Gasteiger partial charge in [-0.1, -0.05) is 61.7 Å². The van der Waals surface area contributed by atoms with Crippen LogP contribution in [-0.4, -0.2) is 32.1 Å². The Kier molecular flexibility index (Phi) is 7.41. The zero-order valence-corrected chi connectivity index (χ0v) is 19.9. The molecule has 178 valence electrons. The van der Waals surface area contributed by atoms with Gasteiger partial charge < -0.3 is 9.42 Å². The van der Waals surface area contributed by atoms with Crippen LogP contribution in [0.5, 0.6) is 0 Å². The molecule has 0 saturated heterocycles.